The molecule has 88 valence electrons. The molecule has 1 fully saturated rings. The fourth-order valence-corrected chi connectivity index (χ4v) is 2.75. The van der Waals surface area contributed by atoms with E-state index < -0.39 is 0 Å². The van der Waals surface area contributed by atoms with Crippen LogP contribution >= 0.6 is 23.2 Å². The van der Waals surface area contributed by atoms with E-state index >= 15 is 0 Å². The SMILES string of the molecule is CC1(CNCc2cc(Cl)cc(Cl)c2)CCC1. The number of hydrogen-bond donors (Lipinski definition) is 1. The van der Waals surface area contributed by atoms with Crippen LogP contribution in [0.1, 0.15) is 31.7 Å². The zero-order chi connectivity index (χ0) is 11.6. The van der Waals surface area contributed by atoms with E-state index in [-0.39, 0.29) is 0 Å². The molecule has 0 heterocycles. The predicted octanol–water partition coefficient (Wildman–Crippen LogP) is 4.27. The molecule has 0 saturated heterocycles. The van der Waals surface area contributed by atoms with Crippen molar-refractivity contribution in [3.8, 4) is 0 Å². The Labute approximate surface area is 107 Å². The summed E-state index contributed by atoms with van der Waals surface area (Å²) in [5.74, 6) is 0. The first kappa shape index (κ1) is 12.2. The van der Waals surface area contributed by atoms with Gasteiger partial charge in [0.05, 0.1) is 0 Å². The van der Waals surface area contributed by atoms with Crippen molar-refractivity contribution < 1.29 is 0 Å². The molecule has 1 aliphatic carbocycles. The molecule has 1 aromatic rings. The van der Waals surface area contributed by atoms with Crippen molar-refractivity contribution in [1.82, 2.24) is 5.32 Å². The van der Waals surface area contributed by atoms with E-state index in [9.17, 15) is 0 Å². The summed E-state index contributed by atoms with van der Waals surface area (Å²) in [6, 6.07) is 5.69. The van der Waals surface area contributed by atoms with Crippen molar-refractivity contribution in [2.75, 3.05) is 6.54 Å². The Morgan fingerprint density at radius 2 is 1.81 bits per heavy atom. The standard InChI is InChI=1S/C13H17Cl2N/c1-13(3-2-4-13)9-16-8-10-5-11(14)7-12(15)6-10/h5-7,16H,2-4,8-9H2,1H3. The maximum atomic E-state index is 5.95. The summed E-state index contributed by atoms with van der Waals surface area (Å²) in [5, 5.41) is 4.90. The summed E-state index contributed by atoms with van der Waals surface area (Å²) in [5.41, 5.74) is 1.67. The molecule has 1 aliphatic rings. The summed E-state index contributed by atoms with van der Waals surface area (Å²) < 4.78 is 0. The lowest BCUT2D eigenvalue weighted by Crippen LogP contribution is -2.36. The normalized spacial score (nSPS) is 18.2. The minimum absolute atomic E-state index is 0.516. The van der Waals surface area contributed by atoms with Gasteiger partial charge in [-0.3, -0.25) is 0 Å². The fraction of sp³-hybridized carbons (Fsp3) is 0.538. The van der Waals surface area contributed by atoms with Gasteiger partial charge in [-0.15, -0.1) is 0 Å². The predicted molar refractivity (Wildman–Crippen MR) is 70.1 cm³/mol. The second-order valence-corrected chi connectivity index (χ2v) is 5.92. The number of nitrogens with one attached hydrogen (secondary N) is 1. The molecule has 0 bridgehead atoms. The largest absolute Gasteiger partial charge is 0.312 e. The molecule has 1 N–H and O–H groups in total. The lowest BCUT2D eigenvalue weighted by Gasteiger charge is -2.38. The molecule has 16 heavy (non-hydrogen) atoms. The molecule has 0 spiro atoms. The quantitative estimate of drug-likeness (QED) is 0.850. The van der Waals surface area contributed by atoms with Crippen LogP contribution in [-0.4, -0.2) is 6.54 Å². The van der Waals surface area contributed by atoms with Crippen LogP contribution in [0.3, 0.4) is 0 Å². The molecule has 0 radical (unpaired) electrons. The van der Waals surface area contributed by atoms with Crippen molar-refractivity contribution in [3.63, 3.8) is 0 Å². The molecule has 2 rings (SSSR count). The molecular formula is C13H17Cl2N. The fourth-order valence-electron chi connectivity index (χ4n) is 2.18. The van der Waals surface area contributed by atoms with Crippen LogP contribution in [0.15, 0.2) is 18.2 Å². The summed E-state index contributed by atoms with van der Waals surface area (Å²) in [4.78, 5) is 0. The monoisotopic (exact) mass is 257 g/mol. The Morgan fingerprint density at radius 3 is 2.31 bits per heavy atom. The van der Waals surface area contributed by atoms with E-state index in [1.165, 1.54) is 19.3 Å². The Hall–Kier alpha value is -0.240. The van der Waals surface area contributed by atoms with Gasteiger partial charge in [0.15, 0.2) is 0 Å². The maximum absolute atomic E-state index is 5.95. The Morgan fingerprint density at radius 1 is 1.19 bits per heavy atom. The first-order chi connectivity index (χ1) is 7.57. The highest BCUT2D eigenvalue weighted by Gasteiger charge is 2.30. The van der Waals surface area contributed by atoms with Gasteiger partial charge in [-0.25, -0.2) is 0 Å². The average molecular weight is 258 g/mol. The Balaban J connectivity index is 1.84. The maximum Gasteiger partial charge on any atom is 0.0424 e. The zero-order valence-corrected chi connectivity index (χ0v) is 11.0. The molecule has 1 aromatic carbocycles. The van der Waals surface area contributed by atoms with E-state index in [4.69, 9.17) is 23.2 Å². The van der Waals surface area contributed by atoms with Crippen LogP contribution < -0.4 is 5.32 Å². The first-order valence-electron chi connectivity index (χ1n) is 5.73. The lowest BCUT2D eigenvalue weighted by molar-refractivity contribution is 0.156. The van der Waals surface area contributed by atoms with Gasteiger partial charge in [-0.1, -0.05) is 36.5 Å². The minimum Gasteiger partial charge on any atom is -0.312 e. The third kappa shape index (κ3) is 3.13. The van der Waals surface area contributed by atoms with Gasteiger partial charge >= 0.3 is 0 Å². The third-order valence-corrected chi connectivity index (χ3v) is 3.80. The molecule has 1 saturated carbocycles. The van der Waals surface area contributed by atoms with Crippen molar-refractivity contribution in [1.29, 1.82) is 0 Å². The summed E-state index contributed by atoms with van der Waals surface area (Å²) in [7, 11) is 0. The summed E-state index contributed by atoms with van der Waals surface area (Å²) >= 11 is 11.9. The van der Waals surface area contributed by atoms with Crippen molar-refractivity contribution in [2.24, 2.45) is 5.41 Å². The van der Waals surface area contributed by atoms with Crippen molar-refractivity contribution >= 4 is 23.2 Å². The molecule has 0 aliphatic heterocycles. The minimum atomic E-state index is 0.516. The number of hydrogen-bond acceptors (Lipinski definition) is 1. The first-order valence-corrected chi connectivity index (χ1v) is 6.49. The second-order valence-electron chi connectivity index (χ2n) is 5.05. The highest BCUT2D eigenvalue weighted by molar-refractivity contribution is 6.34. The van der Waals surface area contributed by atoms with Crippen molar-refractivity contribution in [3.05, 3.63) is 33.8 Å². The van der Waals surface area contributed by atoms with Gasteiger partial charge in [0.25, 0.3) is 0 Å². The molecule has 3 heteroatoms. The van der Waals surface area contributed by atoms with E-state index in [1.54, 1.807) is 6.07 Å². The van der Waals surface area contributed by atoms with E-state index in [0.717, 1.165) is 18.7 Å². The lowest BCUT2D eigenvalue weighted by atomic mass is 9.70. The average Bonchev–Trinajstić information content (AvgIpc) is 2.13. The highest BCUT2D eigenvalue weighted by atomic mass is 35.5. The number of benzene rings is 1. The summed E-state index contributed by atoms with van der Waals surface area (Å²) in [6.45, 7) is 4.27. The van der Waals surface area contributed by atoms with E-state index in [2.05, 4.69) is 12.2 Å². The molecule has 0 unspecified atom stereocenters. The molecule has 1 nitrogen and oxygen atoms in total. The van der Waals surface area contributed by atoms with Gasteiger partial charge < -0.3 is 5.32 Å². The van der Waals surface area contributed by atoms with Gasteiger partial charge in [-0.05, 0) is 42.0 Å². The molecule has 0 aromatic heterocycles. The van der Waals surface area contributed by atoms with Gasteiger partial charge in [0.2, 0.25) is 0 Å². The third-order valence-electron chi connectivity index (χ3n) is 3.36. The van der Waals surface area contributed by atoms with Crippen LogP contribution in [0, 0.1) is 5.41 Å². The number of rotatable bonds is 4. The second kappa shape index (κ2) is 4.95. The van der Waals surface area contributed by atoms with E-state index in [1.807, 2.05) is 12.1 Å². The summed E-state index contributed by atoms with van der Waals surface area (Å²) in [6.07, 6.45) is 4.06. The van der Waals surface area contributed by atoms with Gasteiger partial charge in [-0.2, -0.15) is 0 Å². The van der Waals surface area contributed by atoms with Crippen LogP contribution in [0.5, 0.6) is 0 Å². The number of halogens is 2. The highest BCUT2D eigenvalue weighted by Crippen LogP contribution is 2.39. The molecule has 0 amide bonds. The van der Waals surface area contributed by atoms with E-state index in [0.29, 0.717) is 15.5 Å². The van der Waals surface area contributed by atoms with Crippen LogP contribution in [-0.2, 0) is 6.54 Å². The van der Waals surface area contributed by atoms with Gasteiger partial charge in [0, 0.05) is 23.1 Å². The van der Waals surface area contributed by atoms with Crippen LogP contribution in [0.2, 0.25) is 10.0 Å². The van der Waals surface area contributed by atoms with Crippen LogP contribution in [0.25, 0.3) is 0 Å². The Kier molecular flexibility index (Phi) is 3.78. The Bertz CT molecular complexity index is 352. The smallest absolute Gasteiger partial charge is 0.0424 e. The molecule has 0 atom stereocenters. The molecular weight excluding hydrogens is 241 g/mol. The van der Waals surface area contributed by atoms with Crippen LogP contribution in [0.4, 0.5) is 0 Å². The van der Waals surface area contributed by atoms with Crippen molar-refractivity contribution in [2.45, 2.75) is 32.7 Å². The zero-order valence-electron chi connectivity index (χ0n) is 9.52. The topological polar surface area (TPSA) is 12.0 Å². The van der Waals surface area contributed by atoms with Gasteiger partial charge in [0.1, 0.15) is 0 Å².